The van der Waals surface area contributed by atoms with Crippen LogP contribution in [-0.4, -0.2) is 46.8 Å². The number of aromatic amines is 1. The van der Waals surface area contributed by atoms with Crippen LogP contribution in [0.1, 0.15) is 30.4 Å². The van der Waals surface area contributed by atoms with E-state index in [-0.39, 0.29) is 0 Å². The van der Waals surface area contributed by atoms with Crippen LogP contribution in [0.2, 0.25) is 5.15 Å². The van der Waals surface area contributed by atoms with Crippen LogP contribution in [0.3, 0.4) is 0 Å². The van der Waals surface area contributed by atoms with Gasteiger partial charge in [0, 0.05) is 36.0 Å². The monoisotopic (exact) mass is 347 g/mol. The van der Waals surface area contributed by atoms with Crippen LogP contribution in [-0.2, 0) is 6.42 Å². The maximum absolute atomic E-state index is 10.9. The molecule has 2 aliphatic rings. The predicted octanol–water partition coefficient (Wildman–Crippen LogP) is 3.44. The van der Waals surface area contributed by atoms with Gasteiger partial charge in [0.2, 0.25) is 0 Å². The summed E-state index contributed by atoms with van der Waals surface area (Å²) < 4.78 is 0. The molecule has 4 rings (SSSR count). The summed E-state index contributed by atoms with van der Waals surface area (Å²) in [5, 5.41) is 13.5. The van der Waals surface area contributed by atoms with Crippen molar-refractivity contribution in [2.24, 2.45) is 5.92 Å². The van der Waals surface area contributed by atoms with Crippen molar-refractivity contribution in [1.29, 1.82) is 0 Å². The van der Waals surface area contributed by atoms with E-state index in [0.29, 0.717) is 24.4 Å². The van der Waals surface area contributed by atoms with E-state index in [0.717, 1.165) is 36.6 Å². The summed E-state index contributed by atoms with van der Waals surface area (Å²) >= 11 is 6.46. The van der Waals surface area contributed by atoms with Crippen molar-refractivity contribution in [2.45, 2.75) is 31.7 Å². The van der Waals surface area contributed by atoms with Crippen LogP contribution in [0.4, 0.5) is 4.79 Å². The molecule has 6 heteroatoms. The van der Waals surface area contributed by atoms with E-state index in [1.165, 1.54) is 16.5 Å². The Bertz CT molecular complexity index is 788. The normalized spacial score (nSPS) is 26.3. The Labute approximate surface area is 146 Å². The topological polar surface area (TPSA) is 68.4 Å². The molecule has 5 nitrogen and oxygen atoms in total. The van der Waals surface area contributed by atoms with Gasteiger partial charge < -0.3 is 15.4 Å². The number of aromatic nitrogens is 1. The molecule has 1 aromatic heterocycles. The lowest BCUT2D eigenvalue weighted by Gasteiger charge is -2.47. The van der Waals surface area contributed by atoms with Gasteiger partial charge in [-0.25, -0.2) is 4.79 Å². The van der Waals surface area contributed by atoms with Gasteiger partial charge in [-0.1, -0.05) is 30.7 Å². The van der Waals surface area contributed by atoms with E-state index >= 15 is 0 Å². The number of likely N-dealkylation sites (N-methyl/N-ethyl adjacent to an activating group) is 1. The number of amides is 1. The van der Waals surface area contributed by atoms with Crippen molar-refractivity contribution in [3.8, 4) is 0 Å². The van der Waals surface area contributed by atoms with Gasteiger partial charge in [0.15, 0.2) is 0 Å². The third-order valence-electron chi connectivity index (χ3n) is 5.68. The maximum atomic E-state index is 10.9. The van der Waals surface area contributed by atoms with Crippen LogP contribution < -0.4 is 5.32 Å². The number of nitrogens with one attached hydrogen (secondary N) is 2. The van der Waals surface area contributed by atoms with Gasteiger partial charge in [-0.15, -0.1) is 0 Å². The van der Waals surface area contributed by atoms with E-state index in [9.17, 15) is 4.79 Å². The van der Waals surface area contributed by atoms with E-state index in [2.05, 4.69) is 40.3 Å². The molecule has 0 spiro atoms. The SMILES string of the molecule is CCN1CC(CNC(=O)O)C[C@@H]2c3cccc4[nH]c(Cl)c(c34)C[C@H]21. The number of H-pyrrole nitrogens is 1. The lowest BCUT2D eigenvalue weighted by atomic mass is 9.72. The van der Waals surface area contributed by atoms with Crippen LogP contribution in [0.15, 0.2) is 18.2 Å². The number of nitrogens with zero attached hydrogens (tertiary/aromatic N) is 1. The number of carbonyl (C=O) groups is 1. The molecule has 0 bridgehead atoms. The van der Waals surface area contributed by atoms with Gasteiger partial charge in [-0.2, -0.15) is 0 Å². The van der Waals surface area contributed by atoms with Gasteiger partial charge in [0.25, 0.3) is 0 Å². The summed E-state index contributed by atoms with van der Waals surface area (Å²) in [7, 11) is 0. The average molecular weight is 348 g/mol. The molecule has 1 saturated heterocycles. The first-order valence-corrected chi connectivity index (χ1v) is 8.96. The van der Waals surface area contributed by atoms with Crippen molar-refractivity contribution < 1.29 is 9.90 Å². The quantitative estimate of drug-likeness (QED) is 0.796. The number of hydrogen-bond acceptors (Lipinski definition) is 2. The smallest absolute Gasteiger partial charge is 0.404 e. The van der Waals surface area contributed by atoms with Gasteiger partial charge in [-0.3, -0.25) is 4.90 Å². The molecule has 3 N–H and O–H groups in total. The molecule has 1 amide bonds. The first kappa shape index (κ1) is 15.8. The first-order chi connectivity index (χ1) is 11.6. The fourth-order valence-corrected chi connectivity index (χ4v) is 4.96. The number of piperidine rings is 1. The molecule has 1 fully saturated rings. The molecular formula is C18H22ClN3O2. The third-order valence-corrected chi connectivity index (χ3v) is 6.00. The Balaban J connectivity index is 1.72. The summed E-state index contributed by atoms with van der Waals surface area (Å²) in [6.07, 6.45) is 1.04. The molecule has 0 saturated carbocycles. The lowest BCUT2D eigenvalue weighted by molar-refractivity contribution is 0.0891. The second-order valence-corrected chi connectivity index (χ2v) is 7.32. The molecule has 2 aromatic rings. The Morgan fingerprint density at radius 1 is 1.50 bits per heavy atom. The highest BCUT2D eigenvalue weighted by atomic mass is 35.5. The lowest BCUT2D eigenvalue weighted by Crippen LogP contribution is -2.51. The summed E-state index contributed by atoms with van der Waals surface area (Å²) in [6, 6.07) is 6.83. The van der Waals surface area contributed by atoms with Crippen molar-refractivity contribution in [1.82, 2.24) is 15.2 Å². The molecule has 0 radical (unpaired) electrons. The zero-order chi connectivity index (χ0) is 16.8. The molecule has 1 aliphatic carbocycles. The van der Waals surface area contributed by atoms with Gasteiger partial charge in [0.1, 0.15) is 5.15 Å². The van der Waals surface area contributed by atoms with Crippen LogP contribution in [0.25, 0.3) is 10.9 Å². The zero-order valence-electron chi connectivity index (χ0n) is 13.7. The molecule has 128 valence electrons. The molecular weight excluding hydrogens is 326 g/mol. The van der Waals surface area contributed by atoms with E-state index < -0.39 is 6.09 Å². The predicted molar refractivity (Wildman–Crippen MR) is 94.9 cm³/mol. The molecule has 1 aromatic carbocycles. The Kier molecular flexibility index (Phi) is 3.93. The highest BCUT2D eigenvalue weighted by Gasteiger charge is 2.40. The van der Waals surface area contributed by atoms with Gasteiger partial charge in [-0.05, 0) is 42.5 Å². The van der Waals surface area contributed by atoms with Gasteiger partial charge in [0.05, 0.1) is 0 Å². The Morgan fingerprint density at radius 2 is 2.33 bits per heavy atom. The van der Waals surface area contributed by atoms with E-state index in [1.54, 1.807) is 0 Å². The summed E-state index contributed by atoms with van der Waals surface area (Å²) in [5.74, 6) is 0.774. The number of fused-ring (bicyclic) bond motifs is 2. The maximum Gasteiger partial charge on any atom is 0.404 e. The summed E-state index contributed by atoms with van der Waals surface area (Å²) in [6.45, 7) is 4.61. The fourth-order valence-electron chi connectivity index (χ4n) is 4.69. The van der Waals surface area contributed by atoms with Crippen molar-refractivity contribution in [2.75, 3.05) is 19.6 Å². The number of carboxylic acid groups (broad SMARTS) is 1. The van der Waals surface area contributed by atoms with Crippen LogP contribution in [0.5, 0.6) is 0 Å². The first-order valence-electron chi connectivity index (χ1n) is 8.58. The Hall–Kier alpha value is -1.72. The minimum Gasteiger partial charge on any atom is -0.465 e. The number of rotatable bonds is 3. The average Bonchev–Trinajstić information content (AvgIpc) is 2.90. The van der Waals surface area contributed by atoms with Crippen molar-refractivity contribution in [3.63, 3.8) is 0 Å². The highest BCUT2D eigenvalue weighted by Crippen LogP contribution is 2.46. The van der Waals surface area contributed by atoms with Crippen molar-refractivity contribution in [3.05, 3.63) is 34.5 Å². The number of benzene rings is 1. The second kappa shape index (κ2) is 5.97. The minimum atomic E-state index is -0.939. The number of likely N-dealkylation sites (tertiary alicyclic amines) is 1. The third kappa shape index (κ3) is 2.47. The molecule has 24 heavy (non-hydrogen) atoms. The minimum absolute atomic E-state index is 0.341. The highest BCUT2D eigenvalue weighted by molar-refractivity contribution is 6.32. The Morgan fingerprint density at radius 3 is 3.08 bits per heavy atom. The van der Waals surface area contributed by atoms with Crippen LogP contribution >= 0.6 is 11.6 Å². The van der Waals surface area contributed by atoms with Crippen LogP contribution in [0, 0.1) is 5.92 Å². The molecule has 1 aliphatic heterocycles. The van der Waals surface area contributed by atoms with Gasteiger partial charge >= 0.3 is 6.09 Å². The summed E-state index contributed by atoms with van der Waals surface area (Å²) in [4.78, 5) is 16.7. The number of hydrogen-bond donors (Lipinski definition) is 3. The standard InChI is InChI=1S/C18H22ClN3O2/c1-2-22-9-10(8-20-18(23)24)6-12-11-4-3-5-14-16(11)13(7-15(12)22)17(19)21-14/h3-5,10,12,15,20-21H,2,6-9H2,1H3,(H,23,24)/t10?,12-,15-/m1/s1. The van der Waals surface area contributed by atoms with E-state index in [4.69, 9.17) is 16.7 Å². The fraction of sp³-hybridized carbons (Fsp3) is 0.500. The second-order valence-electron chi connectivity index (χ2n) is 6.94. The molecule has 2 heterocycles. The number of halogens is 1. The molecule has 3 atom stereocenters. The van der Waals surface area contributed by atoms with E-state index in [1.807, 2.05) is 0 Å². The summed E-state index contributed by atoms with van der Waals surface area (Å²) in [5.41, 5.74) is 3.71. The molecule has 1 unspecified atom stereocenters. The van der Waals surface area contributed by atoms with Crippen molar-refractivity contribution >= 4 is 28.6 Å². The largest absolute Gasteiger partial charge is 0.465 e. The zero-order valence-corrected chi connectivity index (χ0v) is 14.4.